The van der Waals surface area contributed by atoms with Crippen molar-refractivity contribution in [2.24, 2.45) is 0 Å². The van der Waals surface area contributed by atoms with Crippen LogP contribution in [0.5, 0.6) is 0 Å². The Kier molecular flexibility index (Phi) is 2.46. The van der Waals surface area contributed by atoms with Crippen LogP contribution in [0.3, 0.4) is 0 Å². The molecule has 0 bridgehead atoms. The van der Waals surface area contributed by atoms with E-state index in [-0.39, 0.29) is 0 Å². The molecular weight excluding hydrogens is 441 g/mol. The van der Waals surface area contributed by atoms with Gasteiger partial charge in [0.25, 0.3) is 0 Å². The van der Waals surface area contributed by atoms with Gasteiger partial charge in [-0.2, -0.15) is 0 Å². The van der Waals surface area contributed by atoms with Crippen LogP contribution < -0.4 is 9.81 Å². The van der Waals surface area contributed by atoms with E-state index in [4.69, 9.17) is 0 Å². The van der Waals surface area contributed by atoms with Crippen LogP contribution in [0.4, 0.5) is 0 Å². The van der Waals surface area contributed by atoms with E-state index in [1.807, 2.05) is 22.7 Å². The molecule has 0 unspecified atom stereocenters. The summed E-state index contributed by atoms with van der Waals surface area (Å²) in [6, 6.07) is 15.9. The third-order valence-electron chi connectivity index (χ3n) is 2.99. The molecule has 4 rings (SSSR count). The zero-order valence-corrected chi connectivity index (χ0v) is 14.1. The number of hydrogen-bond acceptors (Lipinski definition) is 2. The molecule has 3 aromatic rings. The average molecular weight is 450 g/mol. The Bertz CT molecular complexity index is 626. The zero-order chi connectivity index (χ0) is 11.2. The molecule has 0 saturated carbocycles. The molecule has 0 saturated heterocycles. The number of benzene rings is 1. The molecule has 2 aromatic heterocycles. The van der Waals surface area contributed by atoms with Gasteiger partial charge in [-0.25, -0.2) is 0 Å². The second kappa shape index (κ2) is 4.01. The fourth-order valence-electron chi connectivity index (χ4n) is 2.28. The molecule has 82 valence electrons. The van der Waals surface area contributed by atoms with Crippen molar-refractivity contribution in [3.8, 4) is 9.75 Å². The Morgan fingerprint density at radius 2 is 1.29 bits per heavy atom. The summed E-state index contributed by atoms with van der Waals surface area (Å²) in [5.74, 6) is 0. The van der Waals surface area contributed by atoms with Gasteiger partial charge in [0.1, 0.15) is 0 Å². The molecule has 0 radical (unpaired) electrons. The van der Waals surface area contributed by atoms with E-state index in [9.17, 15) is 0 Å². The Morgan fingerprint density at radius 3 is 1.88 bits per heavy atom. The van der Waals surface area contributed by atoms with Gasteiger partial charge < -0.3 is 0 Å². The third kappa shape index (κ3) is 1.49. The van der Waals surface area contributed by atoms with Crippen molar-refractivity contribution in [2.45, 2.75) is 0 Å². The fourth-order valence-corrected chi connectivity index (χ4v) is 17.5. The first-order chi connectivity index (χ1) is 8.45. The third-order valence-corrected chi connectivity index (χ3v) is 16.0. The topological polar surface area (TPSA) is 0 Å². The van der Waals surface area contributed by atoms with E-state index in [1.165, 1.54) is 0 Å². The SMILES string of the molecule is c1cc[c]([Bi]2[c]3ccsc3-c3scc[c]32)cc1. The molecule has 0 amide bonds. The van der Waals surface area contributed by atoms with E-state index in [0.717, 1.165) is 0 Å². The van der Waals surface area contributed by atoms with Crippen molar-refractivity contribution >= 4 is 54.2 Å². The summed E-state index contributed by atoms with van der Waals surface area (Å²) in [5.41, 5.74) is 0. The van der Waals surface area contributed by atoms with E-state index in [2.05, 4.69) is 53.2 Å². The van der Waals surface area contributed by atoms with Crippen molar-refractivity contribution in [1.29, 1.82) is 0 Å². The number of hydrogen-bond donors (Lipinski definition) is 0. The molecule has 0 fully saturated rings. The van der Waals surface area contributed by atoms with Crippen LogP contribution in [-0.4, -0.2) is 21.8 Å². The van der Waals surface area contributed by atoms with E-state index in [0.29, 0.717) is 0 Å². The molecule has 1 aliphatic heterocycles. The Hall–Kier alpha value is -0.497. The molecule has 17 heavy (non-hydrogen) atoms. The van der Waals surface area contributed by atoms with E-state index >= 15 is 0 Å². The van der Waals surface area contributed by atoms with Crippen molar-refractivity contribution in [2.75, 3.05) is 0 Å². The van der Waals surface area contributed by atoms with Gasteiger partial charge in [-0.05, 0) is 0 Å². The molecule has 3 heterocycles. The van der Waals surface area contributed by atoms with Crippen molar-refractivity contribution < 1.29 is 0 Å². The van der Waals surface area contributed by atoms with Gasteiger partial charge in [0.2, 0.25) is 0 Å². The van der Waals surface area contributed by atoms with Gasteiger partial charge >= 0.3 is 117 Å². The Labute approximate surface area is 116 Å². The molecule has 0 aliphatic carbocycles. The second-order valence-electron chi connectivity index (χ2n) is 3.94. The molecule has 1 aromatic carbocycles. The van der Waals surface area contributed by atoms with Crippen molar-refractivity contribution in [1.82, 2.24) is 0 Å². The summed E-state index contributed by atoms with van der Waals surface area (Å²) < 4.78 is 5.00. The van der Waals surface area contributed by atoms with Gasteiger partial charge in [0.05, 0.1) is 0 Å². The molecule has 0 N–H and O–H groups in total. The quantitative estimate of drug-likeness (QED) is 0.391. The normalized spacial score (nSPS) is 13.6. The molecule has 1 aliphatic rings. The second-order valence-corrected chi connectivity index (χ2v) is 14.1. The monoisotopic (exact) mass is 450 g/mol. The summed E-state index contributed by atoms with van der Waals surface area (Å²) in [5, 5.41) is 4.53. The van der Waals surface area contributed by atoms with Crippen molar-refractivity contribution in [3.63, 3.8) is 0 Å². The maximum atomic E-state index is 2.37. The molecule has 0 atom stereocenters. The summed E-state index contributed by atoms with van der Waals surface area (Å²) >= 11 is 1.99. The summed E-state index contributed by atoms with van der Waals surface area (Å²) in [6.07, 6.45) is 0. The van der Waals surface area contributed by atoms with Crippen molar-refractivity contribution in [3.05, 3.63) is 53.2 Å². The van der Waals surface area contributed by atoms with Gasteiger partial charge in [0, 0.05) is 0 Å². The molecule has 0 nitrogen and oxygen atoms in total. The van der Waals surface area contributed by atoms with Crippen LogP contribution in [-0.2, 0) is 0 Å². The van der Waals surface area contributed by atoms with Gasteiger partial charge in [-0.3, -0.25) is 0 Å². The number of thiophene rings is 2. The summed E-state index contributed by atoms with van der Waals surface area (Å²) in [4.78, 5) is 3.13. The molecule has 3 heteroatoms. The maximum absolute atomic E-state index is 2.37. The predicted molar refractivity (Wildman–Crippen MR) is 78.7 cm³/mol. The van der Waals surface area contributed by atoms with Crippen LogP contribution in [0.1, 0.15) is 0 Å². The first-order valence-electron chi connectivity index (χ1n) is 5.46. The zero-order valence-electron chi connectivity index (χ0n) is 8.96. The van der Waals surface area contributed by atoms with E-state index in [1.54, 1.807) is 19.6 Å². The van der Waals surface area contributed by atoms with Gasteiger partial charge in [-0.1, -0.05) is 0 Å². The fraction of sp³-hybridized carbons (Fsp3) is 0. The first kappa shape index (κ1) is 10.4. The standard InChI is InChI=1S/C8H4S2.C6H5.Bi/c1-3-7(9-5-1)8-4-2-6-10-8;1-2-4-6-5-3-1;/h1-2,5-6H;1-5H;. The first-order valence-corrected chi connectivity index (χ1v) is 12.4. The molecular formula is C14H9BiS2. The van der Waals surface area contributed by atoms with Crippen LogP contribution in [0, 0.1) is 0 Å². The summed E-state index contributed by atoms with van der Waals surface area (Å²) in [7, 11) is 0. The molecule has 0 spiro atoms. The van der Waals surface area contributed by atoms with Gasteiger partial charge in [-0.15, -0.1) is 0 Å². The minimum atomic E-state index is -1.85. The minimum absolute atomic E-state index is 1.57. The van der Waals surface area contributed by atoms with Crippen LogP contribution in [0.2, 0.25) is 0 Å². The Balaban J connectivity index is 1.99. The van der Waals surface area contributed by atoms with Crippen LogP contribution in [0.25, 0.3) is 9.75 Å². The predicted octanol–water partition coefficient (Wildman–Crippen LogP) is 2.31. The summed E-state index contributed by atoms with van der Waals surface area (Å²) in [6.45, 7) is 0. The average Bonchev–Trinajstić information content (AvgIpc) is 3.01. The Morgan fingerprint density at radius 1 is 0.706 bits per heavy atom. The number of fused-ring (bicyclic) bond motifs is 3. The number of rotatable bonds is 1. The van der Waals surface area contributed by atoms with Crippen LogP contribution >= 0.6 is 22.7 Å². The van der Waals surface area contributed by atoms with Crippen LogP contribution in [0.15, 0.2) is 53.2 Å². The van der Waals surface area contributed by atoms with E-state index < -0.39 is 21.8 Å². The van der Waals surface area contributed by atoms with Gasteiger partial charge in [0.15, 0.2) is 0 Å².